The van der Waals surface area contributed by atoms with E-state index in [2.05, 4.69) is 33.8 Å². The van der Waals surface area contributed by atoms with Crippen molar-refractivity contribution in [3.05, 3.63) is 61.2 Å². The lowest BCUT2D eigenvalue weighted by Gasteiger charge is -2.30. The molecule has 4 heterocycles. The van der Waals surface area contributed by atoms with Crippen molar-refractivity contribution in [3.8, 4) is 17.4 Å². The van der Waals surface area contributed by atoms with Gasteiger partial charge in [0.25, 0.3) is 0 Å². The number of nitrogens with zero attached hydrogens (tertiary/aromatic N) is 4. The van der Waals surface area contributed by atoms with E-state index in [1.165, 1.54) is 23.3 Å². The molecule has 1 saturated heterocycles. The highest BCUT2D eigenvalue weighted by Gasteiger charge is 2.62. The summed E-state index contributed by atoms with van der Waals surface area (Å²) in [5.41, 5.74) is -0.820. The molecule has 1 saturated carbocycles. The van der Waals surface area contributed by atoms with Gasteiger partial charge >= 0.3 is 12.1 Å². The second-order valence-electron chi connectivity index (χ2n) is 13.8. The molecule has 14 heteroatoms. The Morgan fingerprint density at radius 3 is 2.61 bits per heavy atom. The number of amides is 3. The van der Waals surface area contributed by atoms with E-state index in [1.807, 2.05) is 23.6 Å². The highest BCUT2D eigenvalue weighted by molar-refractivity contribution is 7.17. The Labute approximate surface area is 301 Å². The summed E-state index contributed by atoms with van der Waals surface area (Å²) in [6, 6.07) is 5.29. The fourth-order valence-electron chi connectivity index (χ4n) is 6.27. The van der Waals surface area contributed by atoms with E-state index in [0.717, 1.165) is 19.3 Å². The number of hydrogen-bond donors (Lipinski definition) is 2. The molecule has 3 aromatic rings. The number of unbranched alkanes of at least 4 members (excludes halogenated alkanes) is 3. The Balaban J connectivity index is 1.44. The van der Waals surface area contributed by atoms with Crippen molar-refractivity contribution in [2.45, 2.75) is 95.0 Å². The highest BCUT2D eigenvalue weighted by atomic mass is 32.1. The van der Waals surface area contributed by atoms with Crippen molar-refractivity contribution in [1.82, 2.24) is 30.5 Å². The van der Waals surface area contributed by atoms with E-state index in [0.29, 0.717) is 46.9 Å². The van der Waals surface area contributed by atoms with Crippen LogP contribution in [0.5, 0.6) is 5.88 Å². The van der Waals surface area contributed by atoms with Crippen molar-refractivity contribution >= 4 is 45.4 Å². The number of nitrogens with one attached hydrogen (secondary N) is 2. The number of pyridine rings is 1. The van der Waals surface area contributed by atoms with E-state index in [9.17, 15) is 19.2 Å². The number of alkyl carbamates (subject to hydrolysis) is 1. The van der Waals surface area contributed by atoms with E-state index >= 15 is 0 Å². The Morgan fingerprint density at radius 1 is 1.14 bits per heavy atom. The fraction of sp³-hybridized carbons (Fsp3) is 0.486. The zero-order valence-electron chi connectivity index (χ0n) is 29.6. The van der Waals surface area contributed by atoms with Crippen LogP contribution in [0.1, 0.15) is 65.7 Å². The Morgan fingerprint density at radius 2 is 1.94 bits per heavy atom. The normalized spacial score (nSPS) is 21.7. The third-order valence-electron chi connectivity index (χ3n) is 8.88. The molecule has 13 nitrogen and oxygen atoms in total. The molecule has 2 aliphatic rings. The number of methoxy groups -OCH3 is 1. The molecule has 1 aliphatic carbocycles. The maximum Gasteiger partial charge on any atom is 0.408 e. The number of carbonyl (C=O) groups is 4. The van der Waals surface area contributed by atoms with E-state index < -0.39 is 53.2 Å². The minimum atomic E-state index is -1.27. The molecule has 3 aromatic heterocycles. The molecule has 5 rings (SSSR count). The number of carbonyl (C=O) groups excluding carboxylic acids is 4. The van der Waals surface area contributed by atoms with Crippen molar-refractivity contribution in [2.24, 2.45) is 5.92 Å². The Kier molecular flexibility index (Phi) is 11.7. The fourth-order valence-corrected chi connectivity index (χ4v) is 7.03. The van der Waals surface area contributed by atoms with Crippen LogP contribution in [0.25, 0.3) is 21.7 Å². The number of esters is 1. The van der Waals surface area contributed by atoms with Gasteiger partial charge in [-0.1, -0.05) is 31.1 Å². The Hall–Kier alpha value is -4.85. The van der Waals surface area contributed by atoms with Gasteiger partial charge in [-0.3, -0.25) is 14.6 Å². The lowest BCUT2D eigenvalue weighted by molar-refractivity contribution is -0.148. The number of fused-ring (bicyclic) bond motifs is 1. The number of aromatic nitrogens is 3. The first kappa shape index (κ1) is 37.4. The van der Waals surface area contributed by atoms with Gasteiger partial charge in [0.1, 0.15) is 39.7 Å². The van der Waals surface area contributed by atoms with E-state index in [4.69, 9.17) is 19.2 Å². The third-order valence-corrected chi connectivity index (χ3v) is 9.77. The number of ether oxygens (including phenoxy) is 3. The maximum atomic E-state index is 14.4. The summed E-state index contributed by atoms with van der Waals surface area (Å²) < 4.78 is 17.7. The van der Waals surface area contributed by atoms with Crippen LogP contribution in [0, 0.1) is 5.92 Å². The van der Waals surface area contributed by atoms with Gasteiger partial charge in [0, 0.05) is 18.5 Å². The number of rotatable bonds is 15. The topological polar surface area (TPSA) is 162 Å². The molecule has 1 aliphatic heterocycles. The quantitative estimate of drug-likeness (QED) is 0.119. The molecular weight excluding hydrogens is 673 g/mol. The van der Waals surface area contributed by atoms with Crippen LogP contribution < -0.4 is 15.4 Å². The van der Waals surface area contributed by atoms with E-state index in [-0.39, 0.29) is 18.9 Å². The smallest absolute Gasteiger partial charge is 0.408 e. The molecule has 2 N–H and O–H groups in total. The van der Waals surface area contributed by atoms with Crippen LogP contribution >= 0.6 is 11.3 Å². The van der Waals surface area contributed by atoms with Crippen molar-refractivity contribution in [3.63, 3.8) is 0 Å². The molecule has 0 spiro atoms. The zero-order valence-corrected chi connectivity index (χ0v) is 30.4. The minimum Gasteiger partial charge on any atom is -0.471 e. The highest BCUT2D eigenvalue weighted by Crippen LogP contribution is 2.45. The van der Waals surface area contributed by atoms with Gasteiger partial charge in [0.15, 0.2) is 5.82 Å². The Bertz CT molecular complexity index is 1760. The summed E-state index contributed by atoms with van der Waals surface area (Å²) in [6.07, 6.45) is 7.63. The van der Waals surface area contributed by atoms with Gasteiger partial charge in [-0.15, -0.1) is 24.5 Å². The lowest BCUT2D eigenvalue weighted by Crippen LogP contribution is -2.56. The molecule has 2 fully saturated rings. The van der Waals surface area contributed by atoms with Crippen LogP contribution in [-0.4, -0.2) is 86.7 Å². The first-order valence-electron chi connectivity index (χ1n) is 17.2. The zero-order chi connectivity index (χ0) is 36.8. The second kappa shape index (κ2) is 16.0. The average molecular weight is 719 g/mol. The second-order valence-corrected chi connectivity index (χ2v) is 14.7. The molecule has 272 valence electrons. The third kappa shape index (κ3) is 8.91. The number of likely N-dealkylation sites (tertiary alicyclic amines) is 1. The van der Waals surface area contributed by atoms with Crippen LogP contribution in [0.3, 0.4) is 0 Å². The number of hydrogen-bond acceptors (Lipinski definition) is 11. The van der Waals surface area contributed by atoms with Gasteiger partial charge in [0.05, 0.1) is 19.2 Å². The van der Waals surface area contributed by atoms with Crippen LogP contribution in [0.15, 0.2) is 61.2 Å². The van der Waals surface area contributed by atoms with Crippen molar-refractivity contribution in [1.29, 1.82) is 0 Å². The van der Waals surface area contributed by atoms with Gasteiger partial charge in [-0.05, 0) is 70.0 Å². The van der Waals surface area contributed by atoms with Crippen molar-refractivity contribution < 1.29 is 33.4 Å². The molecule has 0 unspecified atom stereocenters. The largest absolute Gasteiger partial charge is 0.471 e. The summed E-state index contributed by atoms with van der Waals surface area (Å²) >= 11 is 1.41. The minimum absolute atomic E-state index is 0.0196. The van der Waals surface area contributed by atoms with Crippen LogP contribution in [0.4, 0.5) is 4.79 Å². The van der Waals surface area contributed by atoms with Crippen molar-refractivity contribution in [2.75, 3.05) is 13.7 Å². The van der Waals surface area contributed by atoms with Gasteiger partial charge in [-0.25, -0.2) is 14.6 Å². The first-order valence-corrected chi connectivity index (χ1v) is 18.0. The summed E-state index contributed by atoms with van der Waals surface area (Å²) in [6.45, 7) is 12.8. The summed E-state index contributed by atoms with van der Waals surface area (Å²) in [5.74, 6) is -1.22. The monoisotopic (exact) mass is 718 g/mol. The van der Waals surface area contributed by atoms with Crippen LogP contribution in [-0.2, 0) is 23.9 Å². The predicted octanol–water partition coefficient (Wildman–Crippen LogP) is 5.37. The summed E-state index contributed by atoms with van der Waals surface area (Å²) in [5, 5.41) is 7.52. The SMILES string of the molecule is C=CCCCCC[C@H](NC(=O)OC(C)(C)C)C(=O)N1C[C@H](Oc2nc(-c3ccccn3)nc3ccsc23)C[C@H]1C(=O)N[C@]1(C(=O)OC)C[C@H]1C=C. The van der Waals surface area contributed by atoms with Gasteiger partial charge < -0.3 is 29.7 Å². The van der Waals surface area contributed by atoms with Crippen LogP contribution in [0.2, 0.25) is 0 Å². The average Bonchev–Trinajstić information content (AvgIpc) is 3.38. The van der Waals surface area contributed by atoms with E-state index in [1.54, 1.807) is 45.2 Å². The molecule has 0 bridgehead atoms. The lowest BCUT2D eigenvalue weighted by atomic mass is 10.0. The molecular formula is C37H46N6O7S. The standard InChI is InChI=1S/C37H46N6O7S/c1-7-9-10-11-12-16-27(40-35(47)50-36(3,4)5)33(45)43-22-24(20-28(43)31(44)42-37(34(46)48-6)21-23(37)8-2)49-32-29-25(17-19-51-29)39-30(41-32)26-15-13-14-18-38-26/h7-8,13-15,17-19,23-24,27-28H,1-2,9-12,16,20-22H2,3-6H3,(H,40,47)(H,42,44)/t23-,24-,27+,28+,37-/m1/s1. The summed E-state index contributed by atoms with van der Waals surface area (Å²) in [7, 11) is 1.26. The number of allylic oxidation sites excluding steroid dienone is 1. The number of thiophene rings is 1. The first-order chi connectivity index (χ1) is 24.4. The van der Waals surface area contributed by atoms with Gasteiger partial charge in [-0.2, -0.15) is 4.98 Å². The maximum absolute atomic E-state index is 14.4. The molecule has 0 aromatic carbocycles. The van der Waals surface area contributed by atoms with Gasteiger partial charge in [0.2, 0.25) is 17.7 Å². The molecule has 3 amide bonds. The molecule has 51 heavy (non-hydrogen) atoms. The predicted molar refractivity (Wildman–Crippen MR) is 193 cm³/mol. The molecule has 5 atom stereocenters. The summed E-state index contributed by atoms with van der Waals surface area (Å²) in [4.78, 5) is 69.5. The molecule has 0 radical (unpaired) electrons.